The number of thiazole rings is 1. The highest BCUT2D eigenvalue weighted by Crippen LogP contribution is 2.44. The van der Waals surface area contributed by atoms with E-state index in [9.17, 15) is 14.4 Å². The van der Waals surface area contributed by atoms with Crippen LogP contribution in [0.2, 0.25) is 10.0 Å². The van der Waals surface area contributed by atoms with E-state index in [1.807, 2.05) is 50.4 Å². The molecule has 192 valence electrons. The van der Waals surface area contributed by atoms with Crippen molar-refractivity contribution in [2.24, 2.45) is 0 Å². The summed E-state index contributed by atoms with van der Waals surface area (Å²) in [6.07, 6.45) is 3.23. The van der Waals surface area contributed by atoms with Crippen molar-refractivity contribution in [3.8, 4) is 16.9 Å². The highest BCUT2D eigenvalue weighted by molar-refractivity contribution is 8.23. The van der Waals surface area contributed by atoms with Crippen LogP contribution in [0, 0.1) is 0 Å². The second kappa shape index (κ2) is 11.6. The number of carbonyl (C=O) groups excluding carboxylic acids is 1. The molecule has 0 unspecified atom stereocenters. The van der Waals surface area contributed by atoms with Crippen LogP contribution in [0.5, 0.6) is 0 Å². The third kappa shape index (κ3) is 6.04. The Morgan fingerprint density at radius 1 is 1.14 bits per heavy atom. The van der Waals surface area contributed by atoms with Gasteiger partial charge in [0.2, 0.25) is 0 Å². The molecule has 0 aliphatic rings. The number of nitrogens with zero attached hydrogens (tertiary/aromatic N) is 3. The maximum atomic E-state index is 12.6. The lowest BCUT2D eigenvalue weighted by molar-refractivity contribution is -0.110. The summed E-state index contributed by atoms with van der Waals surface area (Å²) in [5, 5.41) is 6.04. The number of hydrogen-bond donors (Lipinski definition) is 1. The van der Waals surface area contributed by atoms with Crippen molar-refractivity contribution in [2.75, 3.05) is 11.3 Å². The molecule has 0 radical (unpaired) electrons. The van der Waals surface area contributed by atoms with Gasteiger partial charge in [-0.15, -0.1) is 11.3 Å². The predicted octanol–water partition coefficient (Wildman–Crippen LogP) is 5.80. The molecule has 0 aliphatic heterocycles. The Labute approximate surface area is 235 Å². The molecule has 2 aromatic heterocycles. The molecule has 0 fully saturated rings. The Morgan fingerprint density at radius 2 is 1.81 bits per heavy atom. The number of aromatic nitrogens is 4. The number of halogens is 2. The average molecular weight is 594 g/mol. The monoisotopic (exact) mass is 592 g/mol. The molecule has 4 aromatic rings. The van der Waals surface area contributed by atoms with E-state index in [0.29, 0.717) is 26.4 Å². The van der Waals surface area contributed by atoms with Gasteiger partial charge in [0, 0.05) is 36.5 Å². The molecule has 2 heterocycles. The van der Waals surface area contributed by atoms with Gasteiger partial charge in [-0.2, -0.15) is 21.5 Å². The molecule has 0 aliphatic carbocycles. The molecule has 0 saturated heterocycles. The number of benzene rings is 2. The SMILES string of the molecule is CSCSC(=O)Cc1sc(C(C)(C)c2c(Cl)cc(-n3ncc(=O)[nH]c3=O)cc2Cl)nc1-c1ccccc1. The van der Waals surface area contributed by atoms with Crippen molar-refractivity contribution in [1.29, 1.82) is 0 Å². The fraction of sp³-hybridized carbons (Fsp3) is 0.240. The molecule has 2 aromatic carbocycles. The summed E-state index contributed by atoms with van der Waals surface area (Å²) < 4.78 is 1.02. The standard InChI is InChI=1S/C25H22Cl2N4O3S3/c1-25(2,21-16(26)9-15(10-17(21)27)31-24(34)29-19(32)12-28-31)23-30-22(14-7-5-4-6-8-14)18(37-23)11-20(33)36-13-35-3/h4-10,12H,11,13H2,1-3H3,(H,29,32,34). The molecule has 4 rings (SSSR count). The van der Waals surface area contributed by atoms with Gasteiger partial charge in [0.1, 0.15) is 11.2 Å². The smallest absolute Gasteiger partial charge is 0.287 e. The van der Waals surface area contributed by atoms with E-state index in [4.69, 9.17) is 28.2 Å². The van der Waals surface area contributed by atoms with E-state index in [1.165, 1.54) is 23.1 Å². The Balaban J connectivity index is 1.78. The maximum absolute atomic E-state index is 12.6. The summed E-state index contributed by atoms with van der Waals surface area (Å²) in [5.41, 5.74) is 0.604. The van der Waals surface area contributed by atoms with Gasteiger partial charge in [-0.05, 0) is 32.2 Å². The van der Waals surface area contributed by atoms with Crippen molar-refractivity contribution < 1.29 is 4.79 Å². The minimum Gasteiger partial charge on any atom is -0.287 e. The first-order valence-corrected chi connectivity index (χ1v) is 15.0. The largest absolute Gasteiger partial charge is 0.349 e. The van der Waals surface area contributed by atoms with Crippen molar-refractivity contribution in [3.05, 3.63) is 95.0 Å². The Bertz CT molecular complexity index is 1540. The minimum atomic E-state index is -0.724. The van der Waals surface area contributed by atoms with Gasteiger partial charge in [-0.25, -0.2) is 9.78 Å². The number of carbonyl (C=O) groups is 1. The van der Waals surface area contributed by atoms with Gasteiger partial charge >= 0.3 is 5.69 Å². The Morgan fingerprint density at radius 3 is 2.43 bits per heavy atom. The first kappa shape index (κ1) is 27.7. The van der Waals surface area contributed by atoms with Crippen LogP contribution in [-0.4, -0.2) is 36.2 Å². The molecule has 0 saturated carbocycles. The summed E-state index contributed by atoms with van der Waals surface area (Å²) in [7, 11) is 0. The van der Waals surface area contributed by atoms with E-state index < -0.39 is 16.7 Å². The van der Waals surface area contributed by atoms with Crippen LogP contribution in [0.1, 0.15) is 29.3 Å². The van der Waals surface area contributed by atoms with Gasteiger partial charge in [-0.3, -0.25) is 14.6 Å². The number of H-pyrrole nitrogens is 1. The van der Waals surface area contributed by atoms with E-state index in [0.717, 1.165) is 32.0 Å². The number of rotatable bonds is 8. The van der Waals surface area contributed by atoms with Crippen LogP contribution < -0.4 is 11.2 Å². The molecule has 0 atom stereocenters. The molecule has 0 spiro atoms. The zero-order chi connectivity index (χ0) is 26.7. The van der Waals surface area contributed by atoms with Crippen LogP contribution in [-0.2, 0) is 16.6 Å². The summed E-state index contributed by atoms with van der Waals surface area (Å²) in [4.78, 5) is 44.3. The van der Waals surface area contributed by atoms with Crippen molar-refractivity contribution in [1.82, 2.24) is 19.7 Å². The van der Waals surface area contributed by atoms with E-state index in [2.05, 4.69) is 10.1 Å². The van der Waals surface area contributed by atoms with Crippen LogP contribution in [0.25, 0.3) is 16.9 Å². The normalized spacial score (nSPS) is 11.6. The third-order valence-corrected chi connectivity index (χ3v) is 9.39. The fourth-order valence-electron chi connectivity index (χ4n) is 3.79. The number of hydrogen-bond acceptors (Lipinski definition) is 8. The lowest BCUT2D eigenvalue weighted by Crippen LogP contribution is -2.30. The highest BCUT2D eigenvalue weighted by atomic mass is 35.5. The zero-order valence-corrected chi connectivity index (χ0v) is 24.0. The van der Waals surface area contributed by atoms with Crippen LogP contribution in [0.4, 0.5) is 0 Å². The second-order valence-electron chi connectivity index (χ2n) is 8.52. The molecule has 7 nitrogen and oxygen atoms in total. The number of aromatic amines is 1. The van der Waals surface area contributed by atoms with E-state index >= 15 is 0 Å². The van der Waals surface area contributed by atoms with Gasteiger partial charge in [-0.1, -0.05) is 65.3 Å². The second-order valence-corrected chi connectivity index (χ2v) is 12.7. The van der Waals surface area contributed by atoms with Crippen molar-refractivity contribution in [3.63, 3.8) is 0 Å². The molecule has 12 heteroatoms. The summed E-state index contributed by atoms with van der Waals surface area (Å²) in [5.74, 6) is 0. The van der Waals surface area contributed by atoms with Crippen LogP contribution in [0.3, 0.4) is 0 Å². The fourth-order valence-corrected chi connectivity index (χ4v) is 7.26. The minimum absolute atomic E-state index is 0.0822. The van der Waals surface area contributed by atoms with Gasteiger partial charge in [0.15, 0.2) is 5.12 Å². The van der Waals surface area contributed by atoms with Gasteiger partial charge in [0.05, 0.1) is 17.8 Å². The molecular weight excluding hydrogens is 571 g/mol. The van der Waals surface area contributed by atoms with Crippen LogP contribution in [0.15, 0.2) is 58.3 Å². The number of nitrogens with one attached hydrogen (secondary N) is 1. The summed E-state index contributed by atoms with van der Waals surface area (Å²) in [6.45, 7) is 3.93. The van der Waals surface area contributed by atoms with E-state index in [-0.39, 0.29) is 11.5 Å². The van der Waals surface area contributed by atoms with Crippen molar-refractivity contribution >= 4 is 63.2 Å². The molecule has 37 heavy (non-hydrogen) atoms. The van der Waals surface area contributed by atoms with Gasteiger partial charge < -0.3 is 0 Å². The average Bonchev–Trinajstić information content (AvgIpc) is 3.27. The predicted molar refractivity (Wildman–Crippen MR) is 155 cm³/mol. The summed E-state index contributed by atoms with van der Waals surface area (Å²) >= 11 is 17.8. The maximum Gasteiger partial charge on any atom is 0.349 e. The molecule has 0 amide bonds. The van der Waals surface area contributed by atoms with Crippen molar-refractivity contribution in [2.45, 2.75) is 25.7 Å². The highest BCUT2D eigenvalue weighted by Gasteiger charge is 2.33. The number of thioether (sulfide) groups is 2. The Kier molecular flexibility index (Phi) is 8.65. The molecular formula is C25H22Cl2N4O3S3. The van der Waals surface area contributed by atoms with E-state index in [1.54, 1.807) is 23.9 Å². The molecule has 0 bridgehead atoms. The first-order valence-electron chi connectivity index (χ1n) is 11.0. The lowest BCUT2D eigenvalue weighted by atomic mass is 9.85. The lowest BCUT2D eigenvalue weighted by Gasteiger charge is -2.26. The first-order chi connectivity index (χ1) is 17.6. The quantitative estimate of drug-likeness (QED) is 0.258. The zero-order valence-electron chi connectivity index (χ0n) is 20.1. The third-order valence-electron chi connectivity index (χ3n) is 5.53. The summed E-state index contributed by atoms with van der Waals surface area (Å²) in [6, 6.07) is 12.9. The Hall–Kier alpha value is -2.37. The van der Waals surface area contributed by atoms with Gasteiger partial charge in [0.25, 0.3) is 5.56 Å². The topological polar surface area (TPSA) is 97.7 Å². The molecule has 1 N–H and O–H groups in total. The van der Waals surface area contributed by atoms with Crippen LogP contribution >= 0.6 is 58.1 Å².